The van der Waals surface area contributed by atoms with Crippen LogP contribution in [0.1, 0.15) is 23.4 Å². The van der Waals surface area contributed by atoms with Crippen LogP contribution in [0.25, 0.3) is 0 Å². The number of rotatable bonds is 5. The number of benzene rings is 1. The van der Waals surface area contributed by atoms with Gasteiger partial charge in [0.15, 0.2) is 0 Å². The Hall–Kier alpha value is -2.34. The molecule has 2 heterocycles. The summed E-state index contributed by atoms with van der Waals surface area (Å²) in [4.78, 5) is 28.3. The first-order valence-electron chi connectivity index (χ1n) is 8.73. The number of aromatic nitrogens is 1. The first-order valence-corrected chi connectivity index (χ1v) is 9.11. The lowest BCUT2D eigenvalue weighted by Crippen LogP contribution is -2.51. The number of carbonyl (C=O) groups is 2. The number of nitrogens with zero attached hydrogens (tertiary/aromatic N) is 3. The van der Waals surface area contributed by atoms with E-state index in [1.807, 2.05) is 29.2 Å². The fraction of sp³-hybridized carbons (Fsp3) is 0.421. The third-order valence-electron chi connectivity index (χ3n) is 4.53. The van der Waals surface area contributed by atoms with Crippen molar-refractivity contribution in [1.82, 2.24) is 15.0 Å². The fourth-order valence-electron chi connectivity index (χ4n) is 3.03. The summed E-state index contributed by atoms with van der Waals surface area (Å²) in [5.41, 5.74) is 1.74. The third-order valence-corrected chi connectivity index (χ3v) is 4.79. The van der Waals surface area contributed by atoms with Gasteiger partial charge in [-0.25, -0.2) is 0 Å². The first-order chi connectivity index (χ1) is 12.5. The standard InChI is InChI=1S/C19H22ClN3O3/c1-14-12-17(21-26-14)13-19(25)23-10-8-22(9-11-23)18(24)7-4-15-2-5-16(20)6-3-15/h2-3,5-6,12H,4,7-11,13H2,1H3. The third kappa shape index (κ3) is 4.85. The van der Waals surface area contributed by atoms with Gasteiger partial charge < -0.3 is 14.3 Å². The molecule has 1 aromatic carbocycles. The molecule has 0 N–H and O–H groups in total. The Kier molecular flexibility index (Phi) is 5.93. The summed E-state index contributed by atoms with van der Waals surface area (Å²) >= 11 is 5.87. The molecule has 2 amide bonds. The number of hydrogen-bond donors (Lipinski definition) is 0. The number of hydrogen-bond acceptors (Lipinski definition) is 4. The Morgan fingerprint density at radius 2 is 1.69 bits per heavy atom. The highest BCUT2D eigenvalue weighted by molar-refractivity contribution is 6.30. The molecule has 0 aliphatic carbocycles. The minimum atomic E-state index is 0.0200. The van der Waals surface area contributed by atoms with Crippen molar-refractivity contribution in [1.29, 1.82) is 0 Å². The van der Waals surface area contributed by atoms with Crippen LogP contribution < -0.4 is 0 Å². The van der Waals surface area contributed by atoms with Crippen molar-refractivity contribution in [2.45, 2.75) is 26.2 Å². The SMILES string of the molecule is Cc1cc(CC(=O)N2CCN(C(=O)CCc3ccc(Cl)cc3)CC2)no1. The van der Waals surface area contributed by atoms with Crippen LogP contribution in [0.15, 0.2) is 34.9 Å². The van der Waals surface area contributed by atoms with E-state index in [9.17, 15) is 9.59 Å². The zero-order chi connectivity index (χ0) is 18.5. The molecule has 0 atom stereocenters. The van der Waals surface area contributed by atoms with E-state index in [2.05, 4.69) is 5.16 Å². The van der Waals surface area contributed by atoms with Gasteiger partial charge in [-0.1, -0.05) is 28.9 Å². The molecule has 1 aliphatic rings. The molecule has 26 heavy (non-hydrogen) atoms. The fourth-order valence-corrected chi connectivity index (χ4v) is 3.16. The van der Waals surface area contributed by atoms with Crippen LogP contribution in [0.3, 0.4) is 0 Å². The number of halogens is 1. The molecule has 1 aliphatic heterocycles. The van der Waals surface area contributed by atoms with Crippen molar-refractivity contribution in [3.63, 3.8) is 0 Å². The van der Waals surface area contributed by atoms with Crippen molar-refractivity contribution in [2.24, 2.45) is 0 Å². The molecule has 6 nitrogen and oxygen atoms in total. The van der Waals surface area contributed by atoms with E-state index in [1.165, 1.54) is 0 Å². The predicted octanol–water partition coefficient (Wildman–Crippen LogP) is 2.48. The van der Waals surface area contributed by atoms with Gasteiger partial charge in [0.25, 0.3) is 0 Å². The summed E-state index contributed by atoms with van der Waals surface area (Å²) in [7, 11) is 0. The Balaban J connectivity index is 1.43. The summed E-state index contributed by atoms with van der Waals surface area (Å²) < 4.78 is 4.99. The van der Waals surface area contributed by atoms with E-state index in [0.717, 1.165) is 5.56 Å². The smallest absolute Gasteiger partial charge is 0.228 e. The van der Waals surface area contributed by atoms with Gasteiger partial charge in [0.1, 0.15) is 5.76 Å². The maximum absolute atomic E-state index is 12.4. The topological polar surface area (TPSA) is 66.7 Å². The first kappa shape index (κ1) is 18.5. The quantitative estimate of drug-likeness (QED) is 0.805. The number of carbonyl (C=O) groups excluding carboxylic acids is 2. The van der Waals surface area contributed by atoms with Gasteiger partial charge in [-0.15, -0.1) is 0 Å². The summed E-state index contributed by atoms with van der Waals surface area (Å²) in [5, 5.41) is 4.55. The van der Waals surface area contributed by atoms with Crippen LogP contribution in [-0.2, 0) is 22.4 Å². The van der Waals surface area contributed by atoms with E-state index in [1.54, 1.807) is 17.9 Å². The normalized spacial score (nSPS) is 14.5. The minimum Gasteiger partial charge on any atom is -0.361 e. The van der Waals surface area contributed by atoms with Crippen LogP contribution in [0.5, 0.6) is 0 Å². The zero-order valence-corrected chi connectivity index (χ0v) is 15.5. The van der Waals surface area contributed by atoms with Crippen LogP contribution in [-0.4, -0.2) is 52.9 Å². The maximum Gasteiger partial charge on any atom is 0.228 e. The maximum atomic E-state index is 12.4. The molecule has 1 fully saturated rings. The summed E-state index contributed by atoms with van der Waals surface area (Å²) in [5.74, 6) is 0.842. The molecule has 7 heteroatoms. The van der Waals surface area contributed by atoms with Crippen molar-refractivity contribution in [3.05, 3.63) is 52.4 Å². The van der Waals surface area contributed by atoms with E-state index >= 15 is 0 Å². The van der Waals surface area contributed by atoms with Crippen molar-refractivity contribution >= 4 is 23.4 Å². The molecule has 1 aromatic heterocycles. The van der Waals surface area contributed by atoms with Crippen LogP contribution in [0.2, 0.25) is 5.02 Å². The van der Waals surface area contributed by atoms with Crippen LogP contribution >= 0.6 is 11.6 Å². The van der Waals surface area contributed by atoms with Crippen LogP contribution in [0.4, 0.5) is 0 Å². The summed E-state index contributed by atoms with van der Waals surface area (Å²) in [6.07, 6.45) is 1.40. The number of amides is 2. The summed E-state index contributed by atoms with van der Waals surface area (Å²) in [6.45, 7) is 4.06. The molecule has 0 spiro atoms. The van der Waals surface area contributed by atoms with Crippen LogP contribution in [0, 0.1) is 6.92 Å². The molecule has 0 saturated carbocycles. The Morgan fingerprint density at radius 3 is 2.27 bits per heavy atom. The molecule has 3 rings (SSSR count). The zero-order valence-electron chi connectivity index (χ0n) is 14.8. The highest BCUT2D eigenvalue weighted by atomic mass is 35.5. The van der Waals surface area contributed by atoms with Gasteiger partial charge in [-0.05, 0) is 31.0 Å². The van der Waals surface area contributed by atoms with E-state index < -0.39 is 0 Å². The highest BCUT2D eigenvalue weighted by Gasteiger charge is 2.24. The van der Waals surface area contributed by atoms with Gasteiger partial charge in [0, 0.05) is 43.7 Å². The molecule has 0 radical (unpaired) electrons. The lowest BCUT2D eigenvalue weighted by atomic mass is 10.1. The molecule has 2 aromatic rings. The molecular formula is C19H22ClN3O3. The number of piperazine rings is 1. The van der Waals surface area contributed by atoms with Gasteiger partial charge in [-0.2, -0.15) is 0 Å². The van der Waals surface area contributed by atoms with Crippen molar-refractivity contribution < 1.29 is 14.1 Å². The average molecular weight is 376 g/mol. The van der Waals surface area contributed by atoms with Crippen molar-refractivity contribution in [2.75, 3.05) is 26.2 Å². The highest BCUT2D eigenvalue weighted by Crippen LogP contribution is 2.13. The second-order valence-corrected chi connectivity index (χ2v) is 6.93. The molecule has 1 saturated heterocycles. The summed E-state index contributed by atoms with van der Waals surface area (Å²) in [6, 6.07) is 9.33. The van der Waals surface area contributed by atoms with E-state index in [-0.39, 0.29) is 18.2 Å². The lowest BCUT2D eigenvalue weighted by molar-refractivity contribution is -0.139. The minimum absolute atomic E-state index is 0.0200. The van der Waals surface area contributed by atoms with Gasteiger partial charge >= 0.3 is 0 Å². The van der Waals surface area contributed by atoms with Gasteiger partial charge in [-0.3, -0.25) is 9.59 Å². The van der Waals surface area contributed by atoms with Crippen molar-refractivity contribution in [3.8, 4) is 0 Å². The molecule has 138 valence electrons. The Bertz CT molecular complexity index is 765. The van der Waals surface area contributed by atoms with E-state index in [4.69, 9.17) is 16.1 Å². The molecule has 0 bridgehead atoms. The lowest BCUT2D eigenvalue weighted by Gasteiger charge is -2.34. The second kappa shape index (κ2) is 8.36. The van der Waals surface area contributed by atoms with E-state index in [0.29, 0.717) is 55.5 Å². The largest absolute Gasteiger partial charge is 0.361 e. The van der Waals surface area contributed by atoms with Gasteiger partial charge in [0.2, 0.25) is 11.8 Å². The molecule has 0 unspecified atom stereocenters. The Morgan fingerprint density at radius 1 is 1.08 bits per heavy atom. The number of aryl methyl sites for hydroxylation is 2. The average Bonchev–Trinajstić information content (AvgIpc) is 3.06. The van der Waals surface area contributed by atoms with Gasteiger partial charge in [0.05, 0.1) is 12.1 Å². The monoisotopic (exact) mass is 375 g/mol. The Labute approximate surface area is 157 Å². The molecular weight excluding hydrogens is 354 g/mol. The predicted molar refractivity (Wildman–Crippen MR) is 97.9 cm³/mol. The second-order valence-electron chi connectivity index (χ2n) is 6.49.